The Labute approximate surface area is 92.3 Å². The molecule has 76 valence electrons. The van der Waals surface area contributed by atoms with Crippen molar-refractivity contribution >= 4 is 15.9 Å². The lowest BCUT2D eigenvalue weighted by atomic mass is 10.0. The predicted octanol–water partition coefficient (Wildman–Crippen LogP) is 2.93. The molecular weight excluding hydrogens is 244 g/mol. The molecular formula is C11H13BrO2. The summed E-state index contributed by atoms with van der Waals surface area (Å²) >= 11 is 3.42. The fourth-order valence-electron chi connectivity index (χ4n) is 1.59. The van der Waals surface area contributed by atoms with Gasteiger partial charge in [-0.1, -0.05) is 35.0 Å². The Kier molecular flexibility index (Phi) is 3.21. The summed E-state index contributed by atoms with van der Waals surface area (Å²) in [5.41, 5.74) is 1.25. The Morgan fingerprint density at radius 2 is 1.79 bits per heavy atom. The van der Waals surface area contributed by atoms with Gasteiger partial charge in [-0.2, -0.15) is 0 Å². The molecule has 14 heavy (non-hydrogen) atoms. The second-order valence-electron chi connectivity index (χ2n) is 3.45. The van der Waals surface area contributed by atoms with E-state index in [-0.39, 0.29) is 6.29 Å². The first-order chi connectivity index (χ1) is 6.77. The zero-order chi connectivity index (χ0) is 9.97. The maximum atomic E-state index is 5.47. The van der Waals surface area contributed by atoms with Crippen LogP contribution >= 0.6 is 15.9 Å². The van der Waals surface area contributed by atoms with E-state index in [1.165, 1.54) is 5.56 Å². The molecule has 1 aromatic rings. The second-order valence-corrected chi connectivity index (χ2v) is 4.37. The van der Waals surface area contributed by atoms with Crippen LogP contribution in [0.4, 0.5) is 0 Å². The Morgan fingerprint density at radius 1 is 1.21 bits per heavy atom. The van der Waals surface area contributed by atoms with E-state index in [0.717, 1.165) is 4.47 Å². The molecule has 1 unspecified atom stereocenters. The third-order valence-electron chi connectivity index (χ3n) is 2.45. The highest BCUT2D eigenvalue weighted by molar-refractivity contribution is 9.10. The van der Waals surface area contributed by atoms with Crippen molar-refractivity contribution in [3.05, 3.63) is 34.3 Å². The van der Waals surface area contributed by atoms with Crippen molar-refractivity contribution in [2.24, 2.45) is 0 Å². The molecule has 2 rings (SSSR count). The molecule has 0 saturated carbocycles. The van der Waals surface area contributed by atoms with Gasteiger partial charge in [-0.25, -0.2) is 0 Å². The number of ether oxygens (including phenoxy) is 2. The average Bonchev–Trinajstić information content (AvgIpc) is 2.71. The van der Waals surface area contributed by atoms with E-state index in [0.29, 0.717) is 19.1 Å². The molecule has 1 atom stereocenters. The first-order valence-electron chi connectivity index (χ1n) is 4.76. The molecule has 1 aliphatic heterocycles. The molecule has 1 saturated heterocycles. The molecule has 3 heteroatoms. The maximum absolute atomic E-state index is 5.47. The van der Waals surface area contributed by atoms with Crippen molar-refractivity contribution in [2.45, 2.75) is 19.1 Å². The Hall–Kier alpha value is -0.380. The van der Waals surface area contributed by atoms with Crippen LogP contribution in [0.25, 0.3) is 0 Å². The van der Waals surface area contributed by atoms with Crippen molar-refractivity contribution in [2.75, 3.05) is 13.2 Å². The zero-order valence-corrected chi connectivity index (χ0v) is 9.66. The van der Waals surface area contributed by atoms with Gasteiger partial charge < -0.3 is 9.47 Å². The maximum Gasteiger partial charge on any atom is 0.164 e. The summed E-state index contributed by atoms with van der Waals surface area (Å²) in [5.74, 6) is 0.297. The summed E-state index contributed by atoms with van der Waals surface area (Å²) in [6.07, 6.45) is -0.0730. The molecule has 0 aliphatic carbocycles. The van der Waals surface area contributed by atoms with Crippen molar-refractivity contribution in [3.8, 4) is 0 Å². The summed E-state index contributed by atoms with van der Waals surface area (Å²) < 4.78 is 12.0. The van der Waals surface area contributed by atoms with E-state index in [1.54, 1.807) is 0 Å². The van der Waals surface area contributed by atoms with Gasteiger partial charge in [0.05, 0.1) is 13.2 Å². The molecule has 1 heterocycles. The first kappa shape index (κ1) is 10.1. The third kappa shape index (κ3) is 2.16. The monoisotopic (exact) mass is 256 g/mol. The van der Waals surface area contributed by atoms with Crippen molar-refractivity contribution < 1.29 is 9.47 Å². The summed E-state index contributed by atoms with van der Waals surface area (Å²) in [4.78, 5) is 0. The summed E-state index contributed by atoms with van der Waals surface area (Å²) in [6.45, 7) is 3.55. The lowest BCUT2D eigenvalue weighted by molar-refractivity contribution is -0.0570. The van der Waals surface area contributed by atoms with Gasteiger partial charge in [-0.05, 0) is 17.7 Å². The van der Waals surface area contributed by atoms with Crippen LogP contribution in [-0.2, 0) is 9.47 Å². The minimum atomic E-state index is -0.0730. The summed E-state index contributed by atoms with van der Waals surface area (Å²) in [7, 11) is 0. The number of benzene rings is 1. The standard InChI is InChI=1S/C11H13BrO2/c1-8(11-13-6-7-14-11)9-2-4-10(12)5-3-9/h2-5,8,11H,6-7H2,1H3. The van der Waals surface area contributed by atoms with Crippen LogP contribution < -0.4 is 0 Å². The second kappa shape index (κ2) is 4.43. The van der Waals surface area contributed by atoms with Gasteiger partial charge in [0, 0.05) is 10.4 Å². The zero-order valence-electron chi connectivity index (χ0n) is 8.07. The predicted molar refractivity (Wildman–Crippen MR) is 58.2 cm³/mol. The molecule has 1 aliphatic rings. The Morgan fingerprint density at radius 3 is 2.36 bits per heavy atom. The summed E-state index contributed by atoms with van der Waals surface area (Å²) in [5, 5.41) is 0. The highest BCUT2D eigenvalue weighted by atomic mass is 79.9. The molecule has 0 bridgehead atoms. The molecule has 1 aromatic carbocycles. The minimum absolute atomic E-state index is 0.0730. The largest absolute Gasteiger partial charge is 0.350 e. The fourth-order valence-corrected chi connectivity index (χ4v) is 1.85. The van der Waals surface area contributed by atoms with Gasteiger partial charge >= 0.3 is 0 Å². The first-order valence-corrected chi connectivity index (χ1v) is 5.55. The van der Waals surface area contributed by atoms with E-state index in [4.69, 9.17) is 9.47 Å². The van der Waals surface area contributed by atoms with Crippen LogP contribution in [0.5, 0.6) is 0 Å². The number of hydrogen-bond acceptors (Lipinski definition) is 2. The van der Waals surface area contributed by atoms with Crippen LogP contribution in [0, 0.1) is 0 Å². The van der Waals surface area contributed by atoms with Gasteiger partial charge in [-0.15, -0.1) is 0 Å². The van der Waals surface area contributed by atoms with Gasteiger partial charge in [0.1, 0.15) is 0 Å². The van der Waals surface area contributed by atoms with Gasteiger partial charge in [0.15, 0.2) is 6.29 Å². The number of halogens is 1. The van der Waals surface area contributed by atoms with E-state index < -0.39 is 0 Å². The third-order valence-corrected chi connectivity index (χ3v) is 2.98. The van der Waals surface area contributed by atoms with Crippen LogP contribution in [-0.4, -0.2) is 19.5 Å². The van der Waals surface area contributed by atoms with Crippen LogP contribution in [0.1, 0.15) is 18.4 Å². The lowest BCUT2D eigenvalue weighted by Crippen LogP contribution is -2.16. The van der Waals surface area contributed by atoms with Crippen LogP contribution in [0.3, 0.4) is 0 Å². The van der Waals surface area contributed by atoms with Gasteiger partial charge in [0.2, 0.25) is 0 Å². The highest BCUT2D eigenvalue weighted by Crippen LogP contribution is 2.25. The van der Waals surface area contributed by atoms with E-state index in [1.807, 2.05) is 12.1 Å². The highest BCUT2D eigenvalue weighted by Gasteiger charge is 2.24. The smallest absolute Gasteiger partial charge is 0.164 e. The van der Waals surface area contributed by atoms with E-state index >= 15 is 0 Å². The lowest BCUT2D eigenvalue weighted by Gasteiger charge is -2.17. The molecule has 2 nitrogen and oxygen atoms in total. The number of hydrogen-bond donors (Lipinski definition) is 0. The fraction of sp³-hybridized carbons (Fsp3) is 0.455. The molecule has 0 aromatic heterocycles. The average molecular weight is 257 g/mol. The normalized spacial score (nSPS) is 19.9. The Balaban J connectivity index is 2.09. The molecule has 0 spiro atoms. The summed E-state index contributed by atoms with van der Waals surface area (Å²) in [6, 6.07) is 8.28. The van der Waals surface area contributed by atoms with Crippen molar-refractivity contribution in [3.63, 3.8) is 0 Å². The topological polar surface area (TPSA) is 18.5 Å². The molecule has 0 amide bonds. The quantitative estimate of drug-likeness (QED) is 0.811. The van der Waals surface area contributed by atoms with E-state index in [9.17, 15) is 0 Å². The minimum Gasteiger partial charge on any atom is -0.350 e. The van der Waals surface area contributed by atoms with Crippen LogP contribution in [0.15, 0.2) is 28.7 Å². The SMILES string of the molecule is CC(c1ccc(Br)cc1)C1OCCO1. The van der Waals surface area contributed by atoms with E-state index in [2.05, 4.69) is 35.0 Å². The number of rotatable bonds is 2. The van der Waals surface area contributed by atoms with Gasteiger partial charge in [-0.3, -0.25) is 0 Å². The van der Waals surface area contributed by atoms with Crippen molar-refractivity contribution in [1.29, 1.82) is 0 Å². The van der Waals surface area contributed by atoms with Gasteiger partial charge in [0.25, 0.3) is 0 Å². The van der Waals surface area contributed by atoms with Crippen LogP contribution in [0.2, 0.25) is 0 Å². The molecule has 1 fully saturated rings. The van der Waals surface area contributed by atoms with Crippen molar-refractivity contribution in [1.82, 2.24) is 0 Å². The Bertz CT molecular complexity index is 291. The molecule has 0 N–H and O–H groups in total. The molecule has 0 radical (unpaired) electrons.